The maximum atomic E-state index is 10.8. The first-order valence-corrected chi connectivity index (χ1v) is 3.37. The Labute approximate surface area is 68.1 Å². The van der Waals surface area contributed by atoms with E-state index in [-0.39, 0.29) is 18.4 Å². The van der Waals surface area contributed by atoms with Crippen molar-refractivity contribution < 1.29 is 19.5 Å². The predicted octanol–water partition coefficient (Wildman–Crippen LogP) is -0.566. The number of carbonyl (C=O) groups excluding carboxylic acids is 2. The first-order chi connectivity index (χ1) is 5.59. The molecule has 0 radical (unpaired) electrons. The minimum absolute atomic E-state index is 0.104. The van der Waals surface area contributed by atoms with Crippen molar-refractivity contribution in [2.45, 2.75) is 12.8 Å². The van der Waals surface area contributed by atoms with Crippen LogP contribution < -0.4 is 5.32 Å². The van der Waals surface area contributed by atoms with Gasteiger partial charge in [0, 0.05) is 18.1 Å². The summed E-state index contributed by atoms with van der Waals surface area (Å²) in [5, 5.41) is 10.3. The summed E-state index contributed by atoms with van der Waals surface area (Å²) in [4.78, 5) is 31.5. The van der Waals surface area contributed by atoms with Crippen molar-refractivity contribution in [3.05, 3.63) is 11.6 Å². The molecule has 2 amide bonds. The lowest BCUT2D eigenvalue weighted by molar-refractivity contribution is -0.136. The lowest BCUT2D eigenvalue weighted by Gasteiger charge is -1.94. The molecular weight excluding hydrogens is 162 g/mol. The van der Waals surface area contributed by atoms with Gasteiger partial charge in [-0.1, -0.05) is 0 Å². The van der Waals surface area contributed by atoms with Crippen LogP contribution in [0.4, 0.5) is 0 Å². The largest absolute Gasteiger partial charge is 0.481 e. The van der Waals surface area contributed by atoms with Crippen LogP contribution in [0.5, 0.6) is 0 Å². The standard InChI is InChI=1S/C7H7NO4/c9-5-3-4(7(12)8-5)1-2-6(10)11/h3H,1-2H2,(H,10,11)(H,8,9,12). The zero-order valence-corrected chi connectivity index (χ0v) is 6.16. The van der Waals surface area contributed by atoms with E-state index in [1.54, 1.807) is 0 Å². The lowest BCUT2D eigenvalue weighted by atomic mass is 10.1. The maximum absolute atomic E-state index is 10.8. The summed E-state index contributed by atoms with van der Waals surface area (Å²) in [5.74, 6) is -1.94. The third-order valence-electron chi connectivity index (χ3n) is 1.44. The van der Waals surface area contributed by atoms with Crippen LogP contribution in [0.25, 0.3) is 0 Å². The molecule has 0 aromatic rings. The molecule has 12 heavy (non-hydrogen) atoms. The second-order valence-corrected chi connectivity index (χ2v) is 2.38. The smallest absolute Gasteiger partial charge is 0.303 e. The fraction of sp³-hybridized carbons (Fsp3) is 0.286. The molecule has 0 spiro atoms. The van der Waals surface area contributed by atoms with Crippen LogP contribution >= 0.6 is 0 Å². The Hall–Kier alpha value is -1.65. The van der Waals surface area contributed by atoms with Gasteiger partial charge in [0.15, 0.2) is 0 Å². The maximum Gasteiger partial charge on any atom is 0.303 e. The Morgan fingerprint density at radius 2 is 2.17 bits per heavy atom. The summed E-state index contributed by atoms with van der Waals surface area (Å²) in [7, 11) is 0. The molecule has 1 aliphatic rings. The van der Waals surface area contributed by atoms with Gasteiger partial charge in [0.25, 0.3) is 11.8 Å². The summed E-state index contributed by atoms with van der Waals surface area (Å²) < 4.78 is 0. The minimum atomic E-state index is -0.983. The van der Waals surface area contributed by atoms with Crippen molar-refractivity contribution in [3.63, 3.8) is 0 Å². The van der Waals surface area contributed by atoms with E-state index < -0.39 is 17.8 Å². The third-order valence-corrected chi connectivity index (χ3v) is 1.44. The molecule has 0 saturated heterocycles. The molecule has 0 unspecified atom stereocenters. The zero-order valence-electron chi connectivity index (χ0n) is 6.16. The summed E-state index contributed by atoms with van der Waals surface area (Å²) >= 11 is 0. The Kier molecular flexibility index (Phi) is 2.23. The van der Waals surface area contributed by atoms with Crippen molar-refractivity contribution >= 4 is 17.8 Å². The summed E-state index contributed by atoms with van der Waals surface area (Å²) in [6.07, 6.45) is 1.10. The molecule has 0 aromatic carbocycles. The quantitative estimate of drug-likeness (QED) is 0.554. The highest BCUT2D eigenvalue weighted by atomic mass is 16.4. The van der Waals surface area contributed by atoms with Crippen molar-refractivity contribution in [3.8, 4) is 0 Å². The molecule has 0 aliphatic carbocycles. The summed E-state index contributed by atoms with van der Waals surface area (Å²) in [5.41, 5.74) is 0.238. The second kappa shape index (κ2) is 3.17. The van der Waals surface area contributed by atoms with Crippen LogP contribution in [0.15, 0.2) is 11.6 Å². The van der Waals surface area contributed by atoms with Gasteiger partial charge in [-0.25, -0.2) is 0 Å². The Bertz CT molecular complexity index is 279. The van der Waals surface area contributed by atoms with Gasteiger partial charge in [-0.05, 0) is 6.42 Å². The highest BCUT2D eigenvalue weighted by Gasteiger charge is 2.20. The van der Waals surface area contributed by atoms with Crippen LogP contribution in [0.2, 0.25) is 0 Å². The van der Waals surface area contributed by atoms with Crippen molar-refractivity contribution in [1.29, 1.82) is 0 Å². The van der Waals surface area contributed by atoms with Crippen LogP contribution in [0.1, 0.15) is 12.8 Å². The van der Waals surface area contributed by atoms with Gasteiger partial charge in [0.05, 0.1) is 0 Å². The van der Waals surface area contributed by atoms with E-state index in [4.69, 9.17) is 5.11 Å². The molecule has 0 aromatic heterocycles. The fourth-order valence-electron chi connectivity index (χ4n) is 0.879. The molecule has 0 atom stereocenters. The monoisotopic (exact) mass is 169 g/mol. The number of carboxylic acids is 1. The highest BCUT2D eigenvalue weighted by Crippen LogP contribution is 2.09. The normalized spacial score (nSPS) is 15.8. The summed E-state index contributed by atoms with van der Waals surface area (Å²) in [6, 6.07) is 0. The van der Waals surface area contributed by atoms with Crippen LogP contribution in [0, 0.1) is 0 Å². The van der Waals surface area contributed by atoms with Gasteiger partial charge in [-0.3, -0.25) is 19.7 Å². The van der Waals surface area contributed by atoms with Crippen molar-refractivity contribution in [2.75, 3.05) is 0 Å². The third kappa shape index (κ3) is 1.91. The summed E-state index contributed by atoms with van der Waals surface area (Å²) in [6.45, 7) is 0. The molecule has 64 valence electrons. The van der Waals surface area contributed by atoms with Crippen LogP contribution in [-0.4, -0.2) is 22.9 Å². The number of rotatable bonds is 3. The minimum Gasteiger partial charge on any atom is -0.481 e. The molecule has 5 nitrogen and oxygen atoms in total. The van der Waals surface area contributed by atoms with E-state index in [0.717, 1.165) is 6.08 Å². The first-order valence-electron chi connectivity index (χ1n) is 3.37. The van der Waals surface area contributed by atoms with Gasteiger partial charge in [-0.15, -0.1) is 0 Å². The predicted molar refractivity (Wildman–Crippen MR) is 38.1 cm³/mol. The number of imide groups is 1. The molecular formula is C7H7NO4. The molecule has 5 heteroatoms. The van der Waals surface area contributed by atoms with Gasteiger partial charge in [-0.2, -0.15) is 0 Å². The number of amides is 2. The Morgan fingerprint density at radius 3 is 2.58 bits per heavy atom. The molecule has 0 fully saturated rings. The van der Waals surface area contributed by atoms with Gasteiger partial charge >= 0.3 is 5.97 Å². The van der Waals surface area contributed by atoms with Gasteiger partial charge < -0.3 is 5.11 Å². The zero-order chi connectivity index (χ0) is 9.14. The number of aliphatic carboxylic acids is 1. The molecule has 0 saturated carbocycles. The van der Waals surface area contributed by atoms with Crippen molar-refractivity contribution in [1.82, 2.24) is 5.32 Å². The molecule has 0 bridgehead atoms. The highest BCUT2D eigenvalue weighted by molar-refractivity contribution is 6.16. The molecule has 1 heterocycles. The van der Waals surface area contributed by atoms with E-state index in [1.165, 1.54) is 0 Å². The number of carboxylic acid groups (broad SMARTS) is 1. The molecule has 1 rings (SSSR count). The number of carbonyl (C=O) groups is 3. The van der Waals surface area contributed by atoms with Crippen LogP contribution in [-0.2, 0) is 14.4 Å². The van der Waals surface area contributed by atoms with Gasteiger partial charge in [0.1, 0.15) is 0 Å². The number of hydrogen-bond donors (Lipinski definition) is 2. The average molecular weight is 169 g/mol. The Morgan fingerprint density at radius 1 is 1.50 bits per heavy atom. The fourth-order valence-corrected chi connectivity index (χ4v) is 0.879. The second-order valence-electron chi connectivity index (χ2n) is 2.38. The van der Waals surface area contributed by atoms with Crippen molar-refractivity contribution in [2.24, 2.45) is 0 Å². The number of hydrogen-bond acceptors (Lipinski definition) is 3. The SMILES string of the molecule is O=C(O)CCC1=CC(=O)NC1=O. The van der Waals surface area contributed by atoms with E-state index in [9.17, 15) is 14.4 Å². The molecule has 2 N–H and O–H groups in total. The van der Waals surface area contributed by atoms with E-state index in [1.807, 2.05) is 5.32 Å². The topological polar surface area (TPSA) is 83.5 Å². The Balaban J connectivity index is 2.52. The van der Waals surface area contributed by atoms with E-state index >= 15 is 0 Å². The van der Waals surface area contributed by atoms with Crippen LogP contribution in [0.3, 0.4) is 0 Å². The van der Waals surface area contributed by atoms with E-state index in [2.05, 4.69) is 0 Å². The van der Waals surface area contributed by atoms with E-state index in [0.29, 0.717) is 0 Å². The first kappa shape index (κ1) is 8.45. The average Bonchev–Trinajstić information content (AvgIpc) is 2.26. The lowest BCUT2D eigenvalue weighted by Crippen LogP contribution is -2.22. The molecule has 1 aliphatic heterocycles. The van der Waals surface area contributed by atoms with Gasteiger partial charge in [0.2, 0.25) is 0 Å². The number of nitrogens with one attached hydrogen (secondary N) is 1.